The molecule has 0 fully saturated rings. The zero-order valence-electron chi connectivity index (χ0n) is 17.0. The summed E-state index contributed by atoms with van der Waals surface area (Å²) in [6.07, 6.45) is 0.266. The van der Waals surface area contributed by atoms with Gasteiger partial charge in [-0.1, -0.05) is 62.4 Å². The van der Waals surface area contributed by atoms with E-state index in [1.54, 1.807) is 11.8 Å². The molecule has 0 aliphatic heterocycles. The number of aryl methyl sites for hydroxylation is 1. The molecule has 1 unspecified atom stereocenters. The largest absolute Gasteiger partial charge is 0.350 e. The molecule has 0 bridgehead atoms. The Hall–Kier alpha value is -2.62. The minimum atomic E-state index is -0.0610. The molecule has 1 N–H and O–H groups in total. The molecular weight excluding hydrogens is 336 g/mol. The van der Waals surface area contributed by atoms with Gasteiger partial charge in [-0.25, -0.2) is 0 Å². The monoisotopic (exact) mass is 366 g/mol. The molecule has 0 aliphatic rings. The fraction of sp³-hybridized carbons (Fsp3) is 0.391. The van der Waals surface area contributed by atoms with E-state index in [2.05, 4.69) is 25.2 Å². The molecule has 1 atom stereocenters. The van der Waals surface area contributed by atoms with Crippen LogP contribution in [0.2, 0.25) is 0 Å². The summed E-state index contributed by atoms with van der Waals surface area (Å²) >= 11 is 0. The number of benzene rings is 2. The number of para-hydroxylation sites is 1. The topological polar surface area (TPSA) is 49.4 Å². The zero-order chi connectivity index (χ0) is 20.0. The van der Waals surface area contributed by atoms with Gasteiger partial charge in [0.05, 0.1) is 6.04 Å². The second-order valence-corrected chi connectivity index (χ2v) is 7.29. The molecule has 0 aliphatic carbocycles. The smallest absolute Gasteiger partial charge is 0.223 e. The third kappa shape index (κ3) is 5.43. The maximum atomic E-state index is 12.4. The Morgan fingerprint density at radius 2 is 1.67 bits per heavy atom. The molecule has 0 saturated heterocycles. The van der Waals surface area contributed by atoms with Crippen LogP contribution in [0.5, 0.6) is 0 Å². The minimum absolute atomic E-state index is 0.0462. The zero-order valence-corrected chi connectivity index (χ0v) is 17.0. The number of nitrogens with one attached hydrogen (secondary N) is 1. The maximum Gasteiger partial charge on any atom is 0.223 e. The Morgan fingerprint density at radius 1 is 1.00 bits per heavy atom. The highest BCUT2D eigenvalue weighted by Crippen LogP contribution is 2.31. The molecule has 2 rings (SSSR count). The summed E-state index contributed by atoms with van der Waals surface area (Å²) in [6.45, 7) is 10.1. The maximum absolute atomic E-state index is 12.4. The van der Waals surface area contributed by atoms with Crippen molar-refractivity contribution in [2.24, 2.45) is 0 Å². The van der Waals surface area contributed by atoms with Crippen LogP contribution < -0.4 is 10.2 Å². The van der Waals surface area contributed by atoms with Gasteiger partial charge in [-0.2, -0.15) is 0 Å². The van der Waals surface area contributed by atoms with Crippen LogP contribution in [-0.2, 0) is 9.59 Å². The Labute approximate surface area is 162 Å². The Morgan fingerprint density at radius 3 is 2.26 bits per heavy atom. The molecule has 2 aromatic carbocycles. The quantitative estimate of drug-likeness (QED) is 0.769. The van der Waals surface area contributed by atoms with Crippen LogP contribution in [0, 0.1) is 6.92 Å². The van der Waals surface area contributed by atoms with Gasteiger partial charge in [0, 0.05) is 25.6 Å². The summed E-state index contributed by atoms with van der Waals surface area (Å²) < 4.78 is 0. The Kier molecular flexibility index (Phi) is 7.17. The highest BCUT2D eigenvalue weighted by atomic mass is 16.2. The van der Waals surface area contributed by atoms with Crippen LogP contribution in [0.1, 0.15) is 62.8 Å². The molecule has 0 radical (unpaired) electrons. The van der Waals surface area contributed by atoms with E-state index < -0.39 is 0 Å². The van der Waals surface area contributed by atoms with E-state index in [-0.39, 0.29) is 24.3 Å². The van der Waals surface area contributed by atoms with Crippen LogP contribution in [0.4, 0.5) is 5.69 Å². The van der Waals surface area contributed by atoms with Gasteiger partial charge in [-0.3, -0.25) is 9.59 Å². The van der Waals surface area contributed by atoms with E-state index in [1.165, 1.54) is 0 Å². The highest BCUT2D eigenvalue weighted by molar-refractivity contribution is 5.94. The normalized spacial score (nSPS) is 11.9. The van der Waals surface area contributed by atoms with Crippen molar-refractivity contribution < 1.29 is 9.59 Å². The predicted molar refractivity (Wildman–Crippen MR) is 111 cm³/mol. The fourth-order valence-corrected chi connectivity index (χ4v) is 3.30. The molecule has 27 heavy (non-hydrogen) atoms. The number of anilines is 1. The standard InChI is InChI=1S/C23H30N2O2/c1-16(2)21-13-9-10-17(3)23(21)25(19(5)26)15-14-22(27)24-18(4)20-11-7-6-8-12-20/h6-13,16,18H,14-15H2,1-5H3,(H,24,27). The van der Waals surface area contributed by atoms with Crippen molar-refractivity contribution in [3.05, 3.63) is 65.2 Å². The number of nitrogens with zero attached hydrogens (tertiary/aromatic N) is 1. The van der Waals surface area contributed by atoms with E-state index in [0.29, 0.717) is 12.5 Å². The van der Waals surface area contributed by atoms with Crippen molar-refractivity contribution in [1.29, 1.82) is 0 Å². The number of carbonyl (C=O) groups excluding carboxylic acids is 2. The van der Waals surface area contributed by atoms with Crippen molar-refractivity contribution in [1.82, 2.24) is 5.32 Å². The molecule has 2 aromatic rings. The van der Waals surface area contributed by atoms with Gasteiger partial charge in [-0.15, -0.1) is 0 Å². The van der Waals surface area contributed by atoms with E-state index in [4.69, 9.17) is 0 Å². The number of amides is 2. The molecule has 4 heteroatoms. The van der Waals surface area contributed by atoms with E-state index >= 15 is 0 Å². The lowest BCUT2D eigenvalue weighted by molar-refractivity contribution is -0.121. The second kappa shape index (κ2) is 9.36. The number of carbonyl (C=O) groups is 2. The molecule has 144 valence electrons. The van der Waals surface area contributed by atoms with Gasteiger partial charge >= 0.3 is 0 Å². The SMILES string of the molecule is CC(=O)N(CCC(=O)NC(C)c1ccccc1)c1c(C)cccc1C(C)C. The van der Waals surface area contributed by atoms with E-state index in [9.17, 15) is 9.59 Å². The Balaban J connectivity index is 2.10. The lowest BCUT2D eigenvalue weighted by Gasteiger charge is -2.27. The molecular formula is C23H30N2O2. The summed E-state index contributed by atoms with van der Waals surface area (Å²) in [4.78, 5) is 26.5. The first-order valence-electron chi connectivity index (χ1n) is 9.53. The van der Waals surface area contributed by atoms with Crippen molar-refractivity contribution in [2.75, 3.05) is 11.4 Å². The fourth-order valence-electron chi connectivity index (χ4n) is 3.30. The summed E-state index contributed by atoms with van der Waals surface area (Å²) in [5, 5.41) is 3.02. The molecule has 0 saturated carbocycles. The van der Waals surface area contributed by atoms with Crippen LogP contribution in [0.3, 0.4) is 0 Å². The van der Waals surface area contributed by atoms with E-state index in [0.717, 1.165) is 22.4 Å². The van der Waals surface area contributed by atoms with Gasteiger partial charge in [0.2, 0.25) is 11.8 Å². The third-order valence-electron chi connectivity index (χ3n) is 4.78. The van der Waals surface area contributed by atoms with Gasteiger partial charge in [0.15, 0.2) is 0 Å². The van der Waals surface area contributed by atoms with Gasteiger partial charge in [-0.05, 0) is 36.5 Å². The summed E-state index contributed by atoms with van der Waals surface area (Å²) in [7, 11) is 0. The summed E-state index contributed by atoms with van der Waals surface area (Å²) in [6, 6.07) is 15.9. The van der Waals surface area contributed by atoms with Crippen LogP contribution >= 0.6 is 0 Å². The van der Waals surface area contributed by atoms with Crippen LogP contribution in [0.25, 0.3) is 0 Å². The first kappa shape index (κ1) is 20.7. The van der Waals surface area contributed by atoms with Crippen LogP contribution in [0.15, 0.2) is 48.5 Å². The summed E-state index contributed by atoms with van der Waals surface area (Å²) in [5.41, 5.74) is 4.18. The average Bonchev–Trinajstić information content (AvgIpc) is 2.63. The van der Waals surface area contributed by atoms with Gasteiger partial charge in [0.25, 0.3) is 0 Å². The van der Waals surface area contributed by atoms with E-state index in [1.807, 2.05) is 56.3 Å². The van der Waals surface area contributed by atoms with Crippen molar-refractivity contribution >= 4 is 17.5 Å². The molecule has 0 spiro atoms. The number of rotatable bonds is 7. The minimum Gasteiger partial charge on any atom is -0.350 e. The van der Waals surface area contributed by atoms with Crippen molar-refractivity contribution in [2.45, 2.75) is 53.0 Å². The first-order chi connectivity index (χ1) is 12.8. The predicted octanol–water partition coefficient (Wildman–Crippen LogP) is 4.74. The highest BCUT2D eigenvalue weighted by Gasteiger charge is 2.20. The average molecular weight is 367 g/mol. The lowest BCUT2D eigenvalue weighted by atomic mass is 9.97. The number of hydrogen-bond acceptors (Lipinski definition) is 2. The Bertz CT molecular complexity index is 784. The molecule has 0 aromatic heterocycles. The molecule has 0 heterocycles. The molecule has 4 nitrogen and oxygen atoms in total. The van der Waals surface area contributed by atoms with Crippen molar-refractivity contribution in [3.63, 3.8) is 0 Å². The van der Waals surface area contributed by atoms with Crippen molar-refractivity contribution in [3.8, 4) is 0 Å². The lowest BCUT2D eigenvalue weighted by Crippen LogP contribution is -2.35. The van der Waals surface area contributed by atoms with Gasteiger partial charge < -0.3 is 10.2 Å². The summed E-state index contributed by atoms with van der Waals surface area (Å²) in [5.74, 6) is 0.195. The molecule has 2 amide bonds. The third-order valence-corrected chi connectivity index (χ3v) is 4.78. The second-order valence-electron chi connectivity index (χ2n) is 7.29. The van der Waals surface area contributed by atoms with Gasteiger partial charge in [0.1, 0.15) is 0 Å². The van der Waals surface area contributed by atoms with Crippen LogP contribution in [-0.4, -0.2) is 18.4 Å². The first-order valence-corrected chi connectivity index (χ1v) is 9.53. The number of hydrogen-bond donors (Lipinski definition) is 1.